The van der Waals surface area contributed by atoms with Crippen molar-refractivity contribution in [1.82, 2.24) is 5.32 Å². The third-order valence-corrected chi connectivity index (χ3v) is 6.82. The second kappa shape index (κ2) is 21.7. The van der Waals surface area contributed by atoms with Gasteiger partial charge in [0.15, 0.2) is 12.1 Å². The summed E-state index contributed by atoms with van der Waals surface area (Å²) in [5.74, 6) is 0.0260. The van der Waals surface area contributed by atoms with Gasteiger partial charge in [0.05, 0.1) is 0 Å². The van der Waals surface area contributed by atoms with Crippen molar-refractivity contribution in [2.45, 2.75) is 73.5 Å². The highest BCUT2D eigenvalue weighted by molar-refractivity contribution is 5.96. The summed E-state index contributed by atoms with van der Waals surface area (Å²) in [5.41, 5.74) is 3.54. The molecule has 0 aliphatic heterocycles. The predicted molar refractivity (Wildman–Crippen MR) is 176 cm³/mol. The lowest BCUT2D eigenvalue weighted by Gasteiger charge is -2.27. The lowest BCUT2D eigenvalue weighted by Crippen LogP contribution is -2.88. The Morgan fingerprint density at radius 1 is 0.814 bits per heavy atom. The molecule has 234 valence electrons. The molecule has 7 nitrogen and oxygen atoms in total. The first-order chi connectivity index (χ1) is 20.8. The second-order valence-electron chi connectivity index (χ2n) is 10.0. The van der Waals surface area contributed by atoms with Crippen LogP contribution in [0.1, 0.15) is 81.9 Å². The number of quaternary nitrogens is 1. The third-order valence-electron chi connectivity index (χ3n) is 6.82. The van der Waals surface area contributed by atoms with E-state index in [1.54, 1.807) is 0 Å². The molecule has 0 radical (unpaired) electrons. The van der Waals surface area contributed by atoms with Crippen LogP contribution in [0.25, 0.3) is 0 Å². The molecule has 0 aromatic heterocycles. The highest BCUT2D eigenvalue weighted by atomic mass is 16.5. The van der Waals surface area contributed by atoms with Crippen LogP contribution in [0.4, 0.5) is 5.69 Å². The smallest absolute Gasteiger partial charge is 0.333 e. The fourth-order valence-electron chi connectivity index (χ4n) is 4.48. The number of ether oxygens (including phenoxy) is 1. The number of esters is 1. The predicted octanol–water partition coefficient (Wildman–Crippen LogP) is 6.11. The van der Waals surface area contributed by atoms with Gasteiger partial charge in [-0.15, -0.1) is 0 Å². The standard InChI is InChI=1S/C30H36N2O3.C4H9NO.C2H6/c1-4-23(5-2)28(21-31-20-27(33)24-18-16-22(3)17-19-24)35-30(34)29(25-12-8-6-9-13-25)32-26-14-10-7-11-15-26;1-3-5-4(2)6;1-2/h6-19,23,28-29,31-32H,4-5,20-21H2,1-3H3;3H2,1-2H3,(H,5,6);1-2H3/p+1/t28-,29+;;/m0../s1. The van der Waals surface area contributed by atoms with E-state index in [4.69, 9.17) is 4.74 Å². The van der Waals surface area contributed by atoms with Crippen molar-refractivity contribution in [1.29, 1.82) is 0 Å². The summed E-state index contributed by atoms with van der Waals surface area (Å²) < 4.78 is 6.14. The SMILES string of the molecule is CC.CCC(CC)[C@H](C[NH2+]CC(=O)c1ccc(C)cc1)OC(=O)[C@H](Nc1ccccc1)c1ccccc1.CCNC(C)=O. The average molecular weight is 591 g/mol. The topological polar surface area (TPSA) is 101 Å². The maximum Gasteiger partial charge on any atom is 0.333 e. The van der Waals surface area contributed by atoms with Gasteiger partial charge in [0, 0.05) is 30.6 Å². The molecular formula is C36H52N3O4+. The van der Waals surface area contributed by atoms with Crippen molar-refractivity contribution < 1.29 is 24.4 Å². The van der Waals surface area contributed by atoms with E-state index in [0.717, 1.165) is 36.2 Å². The Kier molecular flexibility index (Phi) is 18.7. The number of nitrogens with two attached hydrogens (primary N) is 1. The molecular weight excluding hydrogens is 538 g/mol. The van der Waals surface area contributed by atoms with Crippen LogP contribution >= 0.6 is 0 Å². The quantitative estimate of drug-likeness (QED) is 0.155. The van der Waals surface area contributed by atoms with Crippen molar-refractivity contribution >= 4 is 23.3 Å². The first-order valence-corrected chi connectivity index (χ1v) is 15.5. The van der Waals surface area contributed by atoms with E-state index >= 15 is 0 Å². The number of carbonyl (C=O) groups excluding carboxylic acids is 3. The molecule has 0 spiro atoms. The van der Waals surface area contributed by atoms with Crippen molar-refractivity contribution in [3.63, 3.8) is 0 Å². The Balaban J connectivity index is 0.00000103. The van der Waals surface area contributed by atoms with Gasteiger partial charge in [0.2, 0.25) is 11.7 Å². The fourth-order valence-corrected chi connectivity index (χ4v) is 4.48. The van der Waals surface area contributed by atoms with Gasteiger partial charge in [-0.3, -0.25) is 9.59 Å². The zero-order valence-electron chi connectivity index (χ0n) is 27.1. The zero-order chi connectivity index (χ0) is 32.0. The van der Waals surface area contributed by atoms with Gasteiger partial charge < -0.3 is 20.7 Å². The Morgan fingerprint density at radius 3 is 1.86 bits per heavy atom. The number of nitrogens with one attached hydrogen (secondary N) is 2. The first-order valence-electron chi connectivity index (χ1n) is 15.5. The summed E-state index contributed by atoms with van der Waals surface area (Å²) in [5, 5.41) is 7.87. The van der Waals surface area contributed by atoms with Gasteiger partial charge in [-0.2, -0.15) is 0 Å². The molecule has 1 amide bonds. The normalized spacial score (nSPS) is 11.5. The highest BCUT2D eigenvalue weighted by Gasteiger charge is 2.30. The summed E-state index contributed by atoms with van der Waals surface area (Å²) in [6.45, 7) is 15.2. The summed E-state index contributed by atoms with van der Waals surface area (Å²) in [6, 6.07) is 26.3. The van der Waals surface area contributed by atoms with Crippen LogP contribution in [0.3, 0.4) is 0 Å². The van der Waals surface area contributed by atoms with Crippen molar-refractivity contribution in [2.75, 3.05) is 25.0 Å². The number of Topliss-reactive ketones (excluding diaryl/α,β-unsaturated/α-hetero) is 1. The largest absolute Gasteiger partial charge is 0.454 e. The zero-order valence-corrected chi connectivity index (χ0v) is 27.1. The molecule has 0 unspecified atom stereocenters. The minimum absolute atomic E-state index is 0.0394. The molecule has 3 aromatic carbocycles. The molecule has 0 aliphatic rings. The molecule has 3 rings (SSSR count). The van der Waals surface area contributed by atoms with E-state index in [-0.39, 0.29) is 29.7 Å². The van der Waals surface area contributed by atoms with E-state index in [0.29, 0.717) is 18.7 Å². The Hall–Kier alpha value is -3.97. The molecule has 0 heterocycles. The second-order valence-corrected chi connectivity index (χ2v) is 10.0. The van der Waals surface area contributed by atoms with Gasteiger partial charge in [0.25, 0.3) is 0 Å². The van der Waals surface area contributed by atoms with E-state index in [2.05, 4.69) is 24.5 Å². The van der Waals surface area contributed by atoms with E-state index in [9.17, 15) is 14.4 Å². The molecule has 0 aliphatic carbocycles. The molecule has 0 fully saturated rings. The van der Waals surface area contributed by atoms with E-state index in [1.165, 1.54) is 6.92 Å². The first kappa shape index (κ1) is 37.1. The van der Waals surface area contributed by atoms with Crippen LogP contribution in [0.5, 0.6) is 0 Å². The minimum Gasteiger partial charge on any atom is -0.454 e. The van der Waals surface area contributed by atoms with Gasteiger partial charge in [-0.25, -0.2) is 4.79 Å². The fraction of sp³-hybridized carbons (Fsp3) is 0.417. The van der Waals surface area contributed by atoms with E-state index in [1.807, 2.05) is 118 Å². The van der Waals surface area contributed by atoms with Crippen LogP contribution < -0.4 is 16.0 Å². The summed E-state index contributed by atoms with van der Waals surface area (Å²) in [4.78, 5) is 36.0. The number of benzene rings is 3. The number of rotatable bonds is 14. The van der Waals surface area contributed by atoms with Crippen LogP contribution in [0, 0.1) is 12.8 Å². The Labute approximate surface area is 258 Å². The maximum absolute atomic E-state index is 13.5. The summed E-state index contributed by atoms with van der Waals surface area (Å²) in [7, 11) is 0. The Bertz CT molecular complexity index is 1180. The van der Waals surface area contributed by atoms with Gasteiger partial charge in [0.1, 0.15) is 13.1 Å². The van der Waals surface area contributed by atoms with Crippen LogP contribution in [-0.2, 0) is 14.3 Å². The molecule has 4 N–H and O–H groups in total. The van der Waals surface area contributed by atoms with Crippen LogP contribution in [0.15, 0.2) is 84.9 Å². The van der Waals surface area contributed by atoms with Crippen LogP contribution in [0.2, 0.25) is 0 Å². The molecule has 0 bridgehead atoms. The monoisotopic (exact) mass is 590 g/mol. The lowest BCUT2D eigenvalue weighted by molar-refractivity contribution is -0.650. The number of ketones is 1. The molecule has 2 atom stereocenters. The van der Waals surface area contributed by atoms with Crippen molar-refractivity contribution in [3.05, 3.63) is 102 Å². The average Bonchev–Trinajstić information content (AvgIpc) is 3.02. The number of anilines is 1. The van der Waals surface area contributed by atoms with Crippen LogP contribution in [-0.4, -0.2) is 43.4 Å². The molecule has 3 aromatic rings. The van der Waals surface area contributed by atoms with Gasteiger partial charge >= 0.3 is 5.97 Å². The van der Waals surface area contributed by atoms with Gasteiger partial charge in [-0.05, 0) is 44.4 Å². The number of aryl methyl sites for hydroxylation is 1. The minimum atomic E-state index is -0.621. The number of para-hydroxylation sites is 1. The van der Waals surface area contributed by atoms with Crippen molar-refractivity contribution in [2.24, 2.45) is 5.92 Å². The van der Waals surface area contributed by atoms with E-state index < -0.39 is 6.04 Å². The maximum atomic E-state index is 13.5. The number of hydrogen-bond donors (Lipinski definition) is 3. The molecule has 0 saturated heterocycles. The highest BCUT2D eigenvalue weighted by Crippen LogP contribution is 2.24. The van der Waals surface area contributed by atoms with Gasteiger partial charge in [-0.1, -0.05) is 106 Å². The molecule has 43 heavy (non-hydrogen) atoms. The Morgan fingerprint density at radius 2 is 1.37 bits per heavy atom. The van der Waals surface area contributed by atoms with Crippen molar-refractivity contribution in [3.8, 4) is 0 Å². The third kappa shape index (κ3) is 14.2. The summed E-state index contributed by atoms with van der Waals surface area (Å²) >= 11 is 0. The number of amides is 1. The summed E-state index contributed by atoms with van der Waals surface area (Å²) in [6.07, 6.45) is 1.51. The molecule has 0 saturated carbocycles. The number of carbonyl (C=O) groups is 3. The lowest BCUT2D eigenvalue weighted by atomic mass is 9.96. The number of hydrogen-bond acceptors (Lipinski definition) is 5. The molecule has 7 heteroatoms.